The summed E-state index contributed by atoms with van der Waals surface area (Å²) in [6.07, 6.45) is 1.61. The number of rotatable bonds is 4. The third-order valence-electron chi connectivity index (χ3n) is 5.11. The topological polar surface area (TPSA) is 91.4 Å². The number of hydrogen-bond acceptors (Lipinski definition) is 6. The van der Waals surface area contributed by atoms with Gasteiger partial charge < -0.3 is 14.2 Å². The molecule has 1 saturated heterocycles. The van der Waals surface area contributed by atoms with E-state index in [0.29, 0.717) is 30.3 Å². The number of hydrogen-bond donors (Lipinski definition) is 0. The van der Waals surface area contributed by atoms with Gasteiger partial charge in [-0.05, 0) is 33.6 Å². The second kappa shape index (κ2) is 7.21. The van der Waals surface area contributed by atoms with Crippen LogP contribution in [0.2, 0.25) is 0 Å². The third kappa shape index (κ3) is 3.15. The molecule has 9 nitrogen and oxygen atoms in total. The molecule has 0 bridgehead atoms. The maximum absolute atomic E-state index is 12.8. The molecule has 2 aromatic heterocycles. The molecule has 9 heteroatoms. The molecule has 0 aliphatic carbocycles. The Labute approximate surface area is 157 Å². The first-order chi connectivity index (χ1) is 12.8. The molecule has 27 heavy (non-hydrogen) atoms. The van der Waals surface area contributed by atoms with Gasteiger partial charge in [-0.25, -0.2) is 4.79 Å². The fourth-order valence-electron chi connectivity index (χ4n) is 3.73. The van der Waals surface area contributed by atoms with Gasteiger partial charge >= 0.3 is 11.7 Å². The molecule has 1 aliphatic heterocycles. The Hall–Kier alpha value is -2.58. The molecular weight excluding hydrogens is 350 g/mol. The van der Waals surface area contributed by atoms with E-state index in [-0.39, 0.29) is 23.5 Å². The van der Waals surface area contributed by atoms with Gasteiger partial charge in [-0.2, -0.15) is 4.98 Å². The van der Waals surface area contributed by atoms with E-state index in [9.17, 15) is 14.4 Å². The largest absolute Gasteiger partial charge is 0.466 e. The first-order valence-corrected chi connectivity index (χ1v) is 9.37. The number of aryl methyl sites for hydroxylation is 1. The number of imidazole rings is 1. The van der Waals surface area contributed by atoms with Crippen molar-refractivity contribution in [2.24, 2.45) is 20.0 Å². The molecule has 0 unspecified atom stereocenters. The van der Waals surface area contributed by atoms with Gasteiger partial charge in [0, 0.05) is 33.2 Å². The molecule has 3 heterocycles. The van der Waals surface area contributed by atoms with E-state index in [4.69, 9.17) is 4.74 Å². The van der Waals surface area contributed by atoms with Crippen molar-refractivity contribution in [1.29, 1.82) is 0 Å². The monoisotopic (exact) mass is 377 g/mol. The smallest absolute Gasteiger partial charge is 0.332 e. The molecule has 0 amide bonds. The average molecular weight is 377 g/mol. The molecular formula is C18H27N5O4. The highest BCUT2D eigenvalue weighted by Crippen LogP contribution is 2.28. The van der Waals surface area contributed by atoms with Gasteiger partial charge in [0.2, 0.25) is 5.95 Å². The molecule has 0 N–H and O–H groups in total. The molecule has 0 saturated carbocycles. The second-order valence-corrected chi connectivity index (χ2v) is 7.29. The van der Waals surface area contributed by atoms with E-state index in [2.05, 4.69) is 4.98 Å². The van der Waals surface area contributed by atoms with E-state index in [1.54, 1.807) is 14.0 Å². The van der Waals surface area contributed by atoms with E-state index in [1.165, 1.54) is 11.6 Å². The van der Waals surface area contributed by atoms with Crippen LogP contribution in [0, 0.1) is 5.92 Å². The minimum Gasteiger partial charge on any atom is -0.466 e. The van der Waals surface area contributed by atoms with Gasteiger partial charge in [-0.1, -0.05) is 0 Å². The molecule has 0 spiro atoms. The maximum Gasteiger partial charge on any atom is 0.332 e. The Bertz CT molecular complexity index is 984. The average Bonchev–Trinajstić information content (AvgIpc) is 3.06. The number of esters is 1. The SMILES string of the molecule is CCOC(=O)[C@H]1CCCN(c2nc3c(c(=O)n(C)c(=O)n3C)n2C(C)C)C1. The van der Waals surface area contributed by atoms with Crippen LogP contribution in [0.1, 0.15) is 39.7 Å². The van der Waals surface area contributed by atoms with E-state index >= 15 is 0 Å². The van der Waals surface area contributed by atoms with Crippen LogP contribution in [-0.4, -0.2) is 44.4 Å². The van der Waals surface area contributed by atoms with Crippen molar-refractivity contribution < 1.29 is 9.53 Å². The number of fused-ring (bicyclic) bond motifs is 1. The number of carbonyl (C=O) groups is 1. The number of nitrogens with zero attached hydrogens (tertiary/aromatic N) is 5. The molecule has 0 radical (unpaired) electrons. The standard InChI is InChI=1S/C18H27N5O4/c1-6-27-16(25)12-8-7-9-22(10-12)17-19-14-13(23(17)11(2)3)15(24)21(5)18(26)20(14)4/h11-12H,6-10H2,1-5H3/t12-/m0/s1. The molecule has 1 fully saturated rings. The summed E-state index contributed by atoms with van der Waals surface area (Å²) in [6, 6.07) is -0.0295. The van der Waals surface area contributed by atoms with Crippen LogP contribution < -0.4 is 16.1 Å². The van der Waals surface area contributed by atoms with Gasteiger partial charge in [0.15, 0.2) is 11.2 Å². The van der Waals surface area contributed by atoms with Crippen LogP contribution in [0.25, 0.3) is 11.2 Å². The summed E-state index contributed by atoms with van der Waals surface area (Å²) >= 11 is 0. The van der Waals surface area contributed by atoms with Crippen molar-refractivity contribution >= 4 is 23.1 Å². The Morgan fingerprint density at radius 2 is 1.96 bits per heavy atom. The van der Waals surface area contributed by atoms with Crippen LogP contribution in [-0.2, 0) is 23.6 Å². The summed E-state index contributed by atoms with van der Waals surface area (Å²) in [7, 11) is 3.09. The second-order valence-electron chi connectivity index (χ2n) is 7.29. The van der Waals surface area contributed by atoms with Crippen LogP contribution in [0.4, 0.5) is 5.95 Å². The highest BCUT2D eigenvalue weighted by Gasteiger charge is 2.31. The zero-order chi connectivity index (χ0) is 19.9. The number of anilines is 1. The lowest BCUT2D eigenvalue weighted by molar-refractivity contribution is -0.148. The van der Waals surface area contributed by atoms with Crippen LogP contribution in [0.15, 0.2) is 9.59 Å². The fraction of sp³-hybridized carbons (Fsp3) is 0.667. The first kappa shape index (κ1) is 19.2. The van der Waals surface area contributed by atoms with E-state index < -0.39 is 5.69 Å². The highest BCUT2D eigenvalue weighted by atomic mass is 16.5. The molecule has 1 aliphatic rings. The number of carbonyl (C=O) groups excluding carboxylic acids is 1. The third-order valence-corrected chi connectivity index (χ3v) is 5.11. The van der Waals surface area contributed by atoms with Gasteiger partial charge in [-0.15, -0.1) is 0 Å². The van der Waals surface area contributed by atoms with E-state index in [1.807, 2.05) is 23.3 Å². The van der Waals surface area contributed by atoms with Crippen LogP contribution in [0.5, 0.6) is 0 Å². The molecule has 148 valence electrons. The number of ether oxygens (including phenoxy) is 1. The molecule has 2 aromatic rings. The molecule has 1 atom stereocenters. The zero-order valence-corrected chi connectivity index (χ0v) is 16.6. The summed E-state index contributed by atoms with van der Waals surface area (Å²) in [5.41, 5.74) is 0.00270. The Morgan fingerprint density at radius 1 is 1.26 bits per heavy atom. The Kier molecular flexibility index (Phi) is 5.12. The summed E-state index contributed by atoms with van der Waals surface area (Å²) in [6.45, 7) is 7.33. The fourth-order valence-corrected chi connectivity index (χ4v) is 3.73. The van der Waals surface area contributed by atoms with Crippen LogP contribution >= 0.6 is 0 Å². The van der Waals surface area contributed by atoms with Crippen molar-refractivity contribution in [3.8, 4) is 0 Å². The minimum atomic E-state index is -0.407. The van der Waals surface area contributed by atoms with Crippen molar-refractivity contribution in [2.75, 3.05) is 24.6 Å². The van der Waals surface area contributed by atoms with Gasteiger partial charge in [-0.3, -0.25) is 18.7 Å². The normalized spacial score (nSPS) is 17.7. The van der Waals surface area contributed by atoms with Gasteiger partial charge in [0.25, 0.3) is 5.56 Å². The van der Waals surface area contributed by atoms with Gasteiger partial charge in [0.1, 0.15) is 0 Å². The van der Waals surface area contributed by atoms with Crippen molar-refractivity contribution in [3.63, 3.8) is 0 Å². The lowest BCUT2D eigenvalue weighted by Gasteiger charge is -2.33. The highest BCUT2D eigenvalue weighted by molar-refractivity contribution is 5.76. The Balaban J connectivity index is 2.14. The van der Waals surface area contributed by atoms with Crippen molar-refractivity contribution in [1.82, 2.24) is 18.7 Å². The van der Waals surface area contributed by atoms with Crippen LogP contribution in [0.3, 0.4) is 0 Å². The van der Waals surface area contributed by atoms with E-state index in [0.717, 1.165) is 24.0 Å². The predicted octanol–water partition coefficient (Wildman–Crippen LogP) is 0.794. The number of aromatic nitrogens is 4. The summed E-state index contributed by atoms with van der Waals surface area (Å²) in [4.78, 5) is 43.9. The maximum atomic E-state index is 12.8. The van der Waals surface area contributed by atoms with Gasteiger partial charge in [0.05, 0.1) is 12.5 Å². The predicted molar refractivity (Wildman–Crippen MR) is 102 cm³/mol. The summed E-state index contributed by atoms with van der Waals surface area (Å²) < 4.78 is 9.54. The summed E-state index contributed by atoms with van der Waals surface area (Å²) in [5, 5.41) is 0. The summed E-state index contributed by atoms with van der Waals surface area (Å²) in [5.74, 6) is 0.204. The minimum absolute atomic E-state index is 0.0295. The Morgan fingerprint density at radius 3 is 2.59 bits per heavy atom. The lowest BCUT2D eigenvalue weighted by atomic mass is 9.98. The quantitative estimate of drug-likeness (QED) is 0.732. The zero-order valence-electron chi connectivity index (χ0n) is 16.6. The van der Waals surface area contributed by atoms with Crippen molar-refractivity contribution in [2.45, 2.75) is 39.7 Å². The van der Waals surface area contributed by atoms with Crippen molar-refractivity contribution in [3.05, 3.63) is 20.8 Å². The first-order valence-electron chi connectivity index (χ1n) is 9.37. The number of piperidine rings is 1. The molecule has 3 rings (SSSR count). The molecule has 0 aromatic carbocycles. The lowest BCUT2D eigenvalue weighted by Crippen LogP contribution is -2.41.